The lowest BCUT2D eigenvalue weighted by Gasteiger charge is -2.27. The first kappa shape index (κ1) is 30.1. The van der Waals surface area contributed by atoms with Gasteiger partial charge in [-0.25, -0.2) is 0 Å². The summed E-state index contributed by atoms with van der Waals surface area (Å²) >= 11 is 19.7. The molecule has 0 aliphatic rings. The molecule has 0 N–H and O–H groups in total. The molecule has 0 bridgehead atoms. The molecule has 6 heteroatoms. The summed E-state index contributed by atoms with van der Waals surface area (Å²) < 4.78 is 11.9. The molecule has 0 saturated heterocycles. The molecule has 2 aromatic carbocycles. The van der Waals surface area contributed by atoms with Gasteiger partial charge in [0, 0.05) is 16.5 Å². The van der Waals surface area contributed by atoms with E-state index in [1.54, 1.807) is 18.2 Å². The highest BCUT2D eigenvalue weighted by molar-refractivity contribution is 6.39. The second-order valence-corrected chi connectivity index (χ2v) is 11.5. The number of benzene rings is 2. The monoisotopic (exact) mass is 571 g/mol. The van der Waals surface area contributed by atoms with Gasteiger partial charge in [-0.1, -0.05) is 117 Å². The molecule has 0 saturated carbocycles. The molecule has 0 spiro atoms. The second kappa shape index (κ2) is 13.1. The van der Waals surface area contributed by atoms with Crippen LogP contribution in [-0.4, -0.2) is 5.16 Å². The van der Waals surface area contributed by atoms with Gasteiger partial charge in [-0.2, -0.15) is 0 Å². The Labute approximate surface area is 242 Å². The maximum absolute atomic E-state index is 6.75. The molecule has 3 nitrogen and oxygen atoms in total. The lowest BCUT2D eigenvalue weighted by atomic mass is 9.77. The van der Waals surface area contributed by atoms with Gasteiger partial charge in [0.1, 0.15) is 23.8 Å². The number of aromatic nitrogens is 1. The van der Waals surface area contributed by atoms with Crippen molar-refractivity contribution in [1.29, 1.82) is 0 Å². The van der Waals surface area contributed by atoms with Crippen LogP contribution in [0.4, 0.5) is 0 Å². The zero-order valence-corrected chi connectivity index (χ0v) is 25.3. The van der Waals surface area contributed by atoms with Crippen LogP contribution in [0.5, 0.6) is 5.75 Å². The number of ether oxygens (including phenoxy) is 1. The van der Waals surface area contributed by atoms with Crippen LogP contribution in [-0.2, 0) is 13.0 Å². The van der Waals surface area contributed by atoms with Crippen LogP contribution in [0.25, 0.3) is 11.3 Å². The van der Waals surface area contributed by atoms with E-state index in [4.69, 9.17) is 44.1 Å². The summed E-state index contributed by atoms with van der Waals surface area (Å²) in [5.74, 6) is 1.49. The van der Waals surface area contributed by atoms with E-state index in [1.807, 2.05) is 38.1 Å². The highest BCUT2D eigenvalue weighted by Gasteiger charge is 2.25. The average Bonchev–Trinajstić information content (AvgIpc) is 3.28. The van der Waals surface area contributed by atoms with Gasteiger partial charge >= 0.3 is 0 Å². The zero-order valence-electron chi connectivity index (χ0n) is 23.0. The summed E-state index contributed by atoms with van der Waals surface area (Å²) in [5, 5.41) is 5.97. The van der Waals surface area contributed by atoms with Crippen LogP contribution in [0, 0.1) is 5.41 Å². The molecule has 3 rings (SSSR count). The average molecular weight is 573 g/mol. The zero-order chi connectivity index (χ0) is 28.0. The molecule has 0 unspecified atom stereocenters. The van der Waals surface area contributed by atoms with E-state index >= 15 is 0 Å². The molecule has 0 fully saturated rings. The summed E-state index contributed by atoms with van der Waals surface area (Å²) in [6.45, 7) is 17.0. The van der Waals surface area contributed by atoms with Gasteiger partial charge in [-0.05, 0) is 60.6 Å². The van der Waals surface area contributed by atoms with Gasteiger partial charge in [-0.15, -0.1) is 0 Å². The Bertz CT molecular complexity index is 1330. The first-order chi connectivity index (χ1) is 18.0. The van der Waals surface area contributed by atoms with E-state index in [0.29, 0.717) is 32.1 Å². The van der Waals surface area contributed by atoms with Crippen LogP contribution in [0.15, 0.2) is 76.9 Å². The first-order valence-electron chi connectivity index (χ1n) is 12.9. The van der Waals surface area contributed by atoms with Crippen LogP contribution in [0.1, 0.15) is 70.8 Å². The fourth-order valence-electron chi connectivity index (χ4n) is 4.45. The topological polar surface area (TPSA) is 35.3 Å². The maximum atomic E-state index is 6.75. The standard InChI is InChI=1S/C32H36Cl3NO2/c1-8-21(9-2)16-23(10-3)32(6,7)18-22-14-15-24(17-28(22)35)37-19-25-30(36-38-31(25)20(4)5)29-26(33)12-11-13-27(29)34/h8,10-17,20H,3,9,18-19H2,1-2,4-7H3/b21-8-,23-16+. The summed E-state index contributed by atoms with van der Waals surface area (Å²) in [5.41, 5.74) is 5.41. The fraction of sp³-hybridized carbons (Fsp3) is 0.344. The number of allylic oxidation sites excluding steroid dienone is 5. The third-order valence-electron chi connectivity index (χ3n) is 6.70. The lowest BCUT2D eigenvalue weighted by molar-refractivity contribution is 0.298. The summed E-state index contributed by atoms with van der Waals surface area (Å²) in [6, 6.07) is 11.2. The molecule has 0 aliphatic carbocycles. The molecular weight excluding hydrogens is 537 g/mol. The van der Waals surface area contributed by atoms with Crippen LogP contribution < -0.4 is 4.74 Å². The van der Waals surface area contributed by atoms with E-state index in [1.165, 1.54) is 11.1 Å². The summed E-state index contributed by atoms with van der Waals surface area (Å²) in [7, 11) is 0. The molecule has 1 aromatic heterocycles. The van der Waals surface area contributed by atoms with Crippen LogP contribution in [0.2, 0.25) is 15.1 Å². The molecule has 38 heavy (non-hydrogen) atoms. The van der Waals surface area contributed by atoms with Crippen molar-refractivity contribution in [1.82, 2.24) is 5.16 Å². The molecular formula is C32H36Cl3NO2. The van der Waals surface area contributed by atoms with E-state index in [2.05, 4.69) is 51.6 Å². The Kier molecular flexibility index (Phi) is 10.3. The molecule has 202 valence electrons. The van der Waals surface area contributed by atoms with Gasteiger partial charge in [-0.3, -0.25) is 0 Å². The minimum absolute atomic E-state index is 0.104. The SMILES string of the molecule is C=C/C(=C\C(=C/C)CC)C(C)(C)Cc1ccc(OCc2c(-c3c(Cl)cccc3Cl)noc2C(C)C)cc1Cl. The van der Waals surface area contributed by atoms with Crippen molar-refractivity contribution in [2.24, 2.45) is 5.41 Å². The number of nitrogens with zero attached hydrogens (tertiary/aromatic N) is 1. The Morgan fingerprint density at radius 3 is 2.34 bits per heavy atom. The third-order valence-corrected chi connectivity index (χ3v) is 7.69. The normalized spacial score (nSPS) is 12.8. The van der Waals surface area contributed by atoms with Crippen molar-refractivity contribution in [2.75, 3.05) is 0 Å². The quantitative estimate of drug-likeness (QED) is 0.214. The van der Waals surface area contributed by atoms with Crippen molar-refractivity contribution in [3.63, 3.8) is 0 Å². The minimum atomic E-state index is -0.144. The largest absolute Gasteiger partial charge is 0.489 e. The number of hydrogen-bond acceptors (Lipinski definition) is 3. The Morgan fingerprint density at radius 2 is 1.79 bits per heavy atom. The summed E-state index contributed by atoms with van der Waals surface area (Å²) in [4.78, 5) is 0. The molecule has 0 radical (unpaired) electrons. The van der Waals surface area contributed by atoms with Crippen LogP contribution in [0.3, 0.4) is 0 Å². The maximum Gasteiger partial charge on any atom is 0.146 e. The van der Waals surface area contributed by atoms with Gasteiger partial charge in [0.05, 0.1) is 15.6 Å². The minimum Gasteiger partial charge on any atom is -0.489 e. The number of rotatable bonds is 11. The van der Waals surface area contributed by atoms with E-state index in [9.17, 15) is 0 Å². The molecule has 0 atom stereocenters. The number of halogens is 3. The van der Waals surface area contributed by atoms with Crippen molar-refractivity contribution in [2.45, 2.75) is 66.9 Å². The third kappa shape index (κ3) is 6.94. The Hall–Kier alpha value is -2.46. The van der Waals surface area contributed by atoms with Crippen molar-refractivity contribution in [3.05, 3.63) is 104 Å². The summed E-state index contributed by atoms with van der Waals surface area (Å²) in [6.07, 6.45) is 8.06. The smallest absolute Gasteiger partial charge is 0.146 e. The van der Waals surface area contributed by atoms with Gasteiger partial charge in [0.2, 0.25) is 0 Å². The Balaban J connectivity index is 1.85. The molecule has 0 aliphatic heterocycles. The fourth-order valence-corrected chi connectivity index (χ4v) is 5.26. The number of hydrogen-bond donors (Lipinski definition) is 0. The predicted octanol–water partition coefficient (Wildman–Crippen LogP) is 11.0. The van der Waals surface area contributed by atoms with Crippen LogP contribution >= 0.6 is 34.8 Å². The molecule has 1 heterocycles. The lowest BCUT2D eigenvalue weighted by Crippen LogP contribution is -2.17. The van der Waals surface area contributed by atoms with Crippen molar-refractivity contribution >= 4 is 34.8 Å². The van der Waals surface area contributed by atoms with E-state index in [-0.39, 0.29) is 17.9 Å². The van der Waals surface area contributed by atoms with E-state index in [0.717, 1.165) is 29.7 Å². The predicted molar refractivity (Wildman–Crippen MR) is 162 cm³/mol. The van der Waals surface area contributed by atoms with Crippen molar-refractivity contribution in [3.8, 4) is 17.0 Å². The van der Waals surface area contributed by atoms with Gasteiger partial charge < -0.3 is 9.26 Å². The molecule has 0 amide bonds. The molecule has 3 aromatic rings. The van der Waals surface area contributed by atoms with Gasteiger partial charge in [0.15, 0.2) is 0 Å². The highest BCUT2D eigenvalue weighted by atomic mass is 35.5. The highest BCUT2D eigenvalue weighted by Crippen LogP contribution is 2.39. The first-order valence-corrected chi connectivity index (χ1v) is 14.0. The van der Waals surface area contributed by atoms with Gasteiger partial charge in [0.25, 0.3) is 0 Å². The Morgan fingerprint density at radius 1 is 1.11 bits per heavy atom. The second-order valence-electron chi connectivity index (χ2n) is 10.2. The van der Waals surface area contributed by atoms with Crippen molar-refractivity contribution < 1.29 is 9.26 Å². The van der Waals surface area contributed by atoms with E-state index < -0.39 is 0 Å².